The number of rotatable bonds is 5. The highest BCUT2D eigenvalue weighted by Gasteiger charge is 2.26. The first-order valence-corrected chi connectivity index (χ1v) is 7.35. The summed E-state index contributed by atoms with van der Waals surface area (Å²) < 4.78 is 10.9. The summed E-state index contributed by atoms with van der Waals surface area (Å²) in [7, 11) is 3.39. The van der Waals surface area contributed by atoms with Crippen molar-refractivity contribution in [2.24, 2.45) is 11.7 Å². The van der Waals surface area contributed by atoms with Crippen LogP contribution in [0.4, 0.5) is 0 Å². The van der Waals surface area contributed by atoms with Gasteiger partial charge in [0, 0.05) is 18.7 Å². The fourth-order valence-corrected chi connectivity index (χ4v) is 3.08. The average molecular weight is 278 g/mol. The molecule has 0 radical (unpaired) electrons. The lowest BCUT2D eigenvalue weighted by atomic mass is 9.95. The number of hydrogen-bond acceptors (Lipinski definition) is 4. The van der Waals surface area contributed by atoms with E-state index >= 15 is 0 Å². The third-order valence-electron chi connectivity index (χ3n) is 4.15. The Balaban J connectivity index is 2.29. The van der Waals surface area contributed by atoms with Crippen molar-refractivity contribution in [3.8, 4) is 11.5 Å². The van der Waals surface area contributed by atoms with Gasteiger partial charge in [0.05, 0.1) is 20.3 Å². The van der Waals surface area contributed by atoms with E-state index in [-0.39, 0.29) is 6.04 Å². The van der Waals surface area contributed by atoms with E-state index in [4.69, 9.17) is 15.2 Å². The third-order valence-corrected chi connectivity index (χ3v) is 4.15. The number of piperidine rings is 1. The topological polar surface area (TPSA) is 47.7 Å². The maximum absolute atomic E-state index is 6.06. The van der Waals surface area contributed by atoms with Gasteiger partial charge in [-0.3, -0.25) is 4.90 Å². The number of benzene rings is 1. The van der Waals surface area contributed by atoms with Crippen LogP contribution in [0, 0.1) is 5.92 Å². The van der Waals surface area contributed by atoms with Gasteiger partial charge in [-0.1, -0.05) is 6.92 Å². The molecular formula is C16H26N2O2. The zero-order valence-corrected chi connectivity index (χ0v) is 12.8. The summed E-state index contributed by atoms with van der Waals surface area (Å²) in [6.45, 7) is 5.10. The van der Waals surface area contributed by atoms with Gasteiger partial charge in [0.15, 0.2) is 0 Å². The summed E-state index contributed by atoms with van der Waals surface area (Å²) in [5.41, 5.74) is 7.19. The highest BCUT2D eigenvalue weighted by molar-refractivity contribution is 5.42. The van der Waals surface area contributed by atoms with Crippen LogP contribution < -0.4 is 15.2 Å². The summed E-state index contributed by atoms with van der Waals surface area (Å²) in [5, 5.41) is 0. The normalized spacial score (nSPS) is 21.5. The molecule has 0 spiro atoms. The van der Waals surface area contributed by atoms with E-state index in [0.717, 1.165) is 36.1 Å². The van der Waals surface area contributed by atoms with Crippen molar-refractivity contribution in [1.82, 2.24) is 4.90 Å². The zero-order valence-electron chi connectivity index (χ0n) is 12.8. The van der Waals surface area contributed by atoms with Crippen molar-refractivity contribution in [2.75, 3.05) is 33.9 Å². The molecule has 2 rings (SSSR count). The Kier molecular flexibility index (Phi) is 5.26. The molecule has 0 saturated carbocycles. The molecule has 1 aromatic carbocycles. The zero-order chi connectivity index (χ0) is 14.5. The largest absolute Gasteiger partial charge is 0.497 e. The van der Waals surface area contributed by atoms with Crippen LogP contribution in [-0.2, 0) is 0 Å². The third kappa shape index (κ3) is 3.25. The fourth-order valence-electron chi connectivity index (χ4n) is 3.08. The second-order valence-electron chi connectivity index (χ2n) is 5.60. The number of methoxy groups -OCH3 is 2. The van der Waals surface area contributed by atoms with Crippen molar-refractivity contribution in [1.29, 1.82) is 0 Å². The molecule has 1 heterocycles. The molecule has 1 aliphatic rings. The van der Waals surface area contributed by atoms with Crippen molar-refractivity contribution in [3.63, 3.8) is 0 Å². The van der Waals surface area contributed by atoms with Crippen molar-refractivity contribution in [3.05, 3.63) is 23.8 Å². The van der Waals surface area contributed by atoms with Gasteiger partial charge >= 0.3 is 0 Å². The first-order valence-electron chi connectivity index (χ1n) is 7.35. The fraction of sp³-hybridized carbons (Fsp3) is 0.625. The molecule has 0 unspecified atom stereocenters. The smallest absolute Gasteiger partial charge is 0.123 e. The number of hydrogen-bond donors (Lipinski definition) is 1. The van der Waals surface area contributed by atoms with E-state index in [2.05, 4.69) is 17.9 Å². The minimum atomic E-state index is 0.197. The first-order chi connectivity index (χ1) is 9.69. The predicted molar refractivity (Wildman–Crippen MR) is 81.3 cm³/mol. The Bertz CT molecular complexity index is 436. The Hall–Kier alpha value is -1.26. The molecule has 0 aliphatic carbocycles. The van der Waals surface area contributed by atoms with E-state index in [0.29, 0.717) is 6.54 Å². The lowest BCUT2D eigenvalue weighted by molar-refractivity contribution is 0.131. The molecule has 2 atom stereocenters. The number of nitrogens with zero attached hydrogens (tertiary/aromatic N) is 1. The molecule has 0 aromatic heterocycles. The van der Waals surface area contributed by atoms with E-state index < -0.39 is 0 Å². The van der Waals surface area contributed by atoms with E-state index in [1.54, 1.807) is 14.2 Å². The van der Waals surface area contributed by atoms with Gasteiger partial charge in [-0.2, -0.15) is 0 Å². The van der Waals surface area contributed by atoms with Gasteiger partial charge in [0.25, 0.3) is 0 Å². The second kappa shape index (κ2) is 6.95. The maximum atomic E-state index is 6.06. The number of nitrogens with two attached hydrogens (primary N) is 1. The van der Waals surface area contributed by atoms with E-state index in [1.807, 2.05) is 12.1 Å². The molecule has 112 valence electrons. The first kappa shape index (κ1) is 15.1. The molecule has 1 aliphatic heterocycles. The molecule has 1 saturated heterocycles. The second-order valence-corrected chi connectivity index (χ2v) is 5.60. The Morgan fingerprint density at radius 2 is 2.15 bits per heavy atom. The van der Waals surface area contributed by atoms with E-state index in [9.17, 15) is 0 Å². The SMILES string of the molecule is COc1ccc(OC)c([C@H](CN)N2CCC[C@H](C)C2)c1. The highest BCUT2D eigenvalue weighted by Crippen LogP contribution is 2.34. The molecule has 4 nitrogen and oxygen atoms in total. The molecule has 0 bridgehead atoms. The monoisotopic (exact) mass is 278 g/mol. The number of likely N-dealkylation sites (tertiary alicyclic amines) is 1. The van der Waals surface area contributed by atoms with Crippen LogP contribution in [0.15, 0.2) is 18.2 Å². The van der Waals surface area contributed by atoms with Gasteiger partial charge < -0.3 is 15.2 Å². The summed E-state index contributed by atoms with van der Waals surface area (Å²) in [5.74, 6) is 2.47. The van der Waals surface area contributed by atoms with Crippen LogP contribution in [0.25, 0.3) is 0 Å². The predicted octanol–water partition coefficient (Wildman–Crippen LogP) is 2.44. The van der Waals surface area contributed by atoms with Crippen LogP contribution >= 0.6 is 0 Å². The van der Waals surface area contributed by atoms with Crippen LogP contribution in [-0.4, -0.2) is 38.8 Å². The summed E-state index contributed by atoms with van der Waals surface area (Å²) in [6, 6.07) is 6.14. The van der Waals surface area contributed by atoms with Gasteiger partial charge in [0.2, 0.25) is 0 Å². The minimum Gasteiger partial charge on any atom is -0.497 e. The van der Waals surface area contributed by atoms with Gasteiger partial charge in [-0.25, -0.2) is 0 Å². The summed E-state index contributed by atoms with van der Waals surface area (Å²) in [6.07, 6.45) is 2.55. The summed E-state index contributed by atoms with van der Waals surface area (Å²) >= 11 is 0. The molecule has 0 amide bonds. The Morgan fingerprint density at radius 3 is 2.75 bits per heavy atom. The maximum Gasteiger partial charge on any atom is 0.123 e. The van der Waals surface area contributed by atoms with Gasteiger partial charge in [0.1, 0.15) is 11.5 Å². The minimum absolute atomic E-state index is 0.197. The lowest BCUT2D eigenvalue weighted by Crippen LogP contribution is -2.40. The van der Waals surface area contributed by atoms with Crippen LogP contribution in [0.3, 0.4) is 0 Å². The Labute approximate surface area is 121 Å². The van der Waals surface area contributed by atoms with Crippen LogP contribution in [0.2, 0.25) is 0 Å². The highest BCUT2D eigenvalue weighted by atomic mass is 16.5. The van der Waals surface area contributed by atoms with Crippen LogP contribution in [0.1, 0.15) is 31.4 Å². The molecule has 20 heavy (non-hydrogen) atoms. The quantitative estimate of drug-likeness (QED) is 0.898. The van der Waals surface area contributed by atoms with E-state index in [1.165, 1.54) is 12.8 Å². The molecule has 2 N–H and O–H groups in total. The van der Waals surface area contributed by atoms with Crippen molar-refractivity contribution in [2.45, 2.75) is 25.8 Å². The molecule has 1 fully saturated rings. The van der Waals surface area contributed by atoms with Gasteiger partial charge in [-0.05, 0) is 43.5 Å². The summed E-state index contributed by atoms with van der Waals surface area (Å²) in [4.78, 5) is 2.48. The Morgan fingerprint density at radius 1 is 1.35 bits per heavy atom. The molecule has 1 aromatic rings. The standard InChI is InChI=1S/C16H26N2O2/c1-12-5-4-8-18(11-12)15(10-17)14-9-13(19-2)6-7-16(14)20-3/h6-7,9,12,15H,4-5,8,10-11,17H2,1-3H3/t12-,15-/m0/s1. The lowest BCUT2D eigenvalue weighted by Gasteiger charge is -2.37. The average Bonchev–Trinajstić information content (AvgIpc) is 2.48. The molecular weight excluding hydrogens is 252 g/mol. The number of ether oxygens (including phenoxy) is 2. The van der Waals surface area contributed by atoms with Crippen molar-refractivity contribution < 1.29 is 9.47 Å². The van der Waals surface area contributed by atoms with Crippen LogP contribution in [0.5, 0.6) is 11.5 Å². The van der Waals surface area contributed by atoms with Crippen molar-refractivity contribution >= 4 is 0 Å². The van der Waals surface area contributed by atoms with Gasteiger partial charge in [-0.15, -0.1) is 0 Å². The molecule has 4 heteroatoms.